The first-order valence-electron chi connectivity index (χ1n) is 13.0. The first-order valence-corrected chi connectivity index (χ1v) is 13.8. The average molecular weight is 770 g/mol. The number of pyridine rings is 4. The van der Waals surface area contributed by atoms with E-state index in [1.165, 1.54) is 0 Å². The molecular weight excluding hydrogens is 748 g/mol. The molecule has 15 heteroatoms. The molecule has 2 aromatic carbocycles. The zero-order valence-corrected chi connectivity index (χ0v) is 29.8. The number of nitro groups is 2. The van der Waals surface area contributed by atoms with Crippen molar-refractivity contribution >= 4 is 34.6 Å². The van der Waals surface area contributed by atoms with Crippen LogP contribution in [0.5, 0.6) is 11.5 Å². The van der Waals surface area contributed by atoms with E-state index in [0.29, 0.717) is 0 Å². The van der Waals surface area contributed by atoms with Crippen LogP contribution in [-0.4, -0.2) is 29.8 Å². The summed E-state index contributed by atoms with van der Waals surface area (Å²) in [6, 6.07) is 29.6. The third-order valence-corrected chi connectivity index (χ3v) is 6.03. The van der Waals surface area contributed by atoms with E-state index in [9.17, 15) is 30.4 Å². The van der Waals surface area contributed by atoms with Crippen LogP contribution in [0.2, 0.25) is 10.0 Å². The molecule has 0 saturated heterocycles. The fourth-order valence-electron chi connectivity index (χ4n) is 3.26. The summed E-state index contributed by atoms with van der Waals surface area (Å²) in [6.45, 7) is 0. The summed E-state index contributed by atoms with van der Waals surface area (Å²) in [5, 5.41) is 41.2. The number of aromatic nitrogens is 4. The minimum Gasteiger partial charge on any atom is -0.871 e. The fraction of sp³-hybridized carbons (Fsp3) is 0. The molecule has 0 aliphatic rings. The summed E-state index contributed by atoms with van der Waals surface area (Å²) in [5.41, 5.74) is 3.32. The second-order valence-electron chi connectivity index (χ2n) is 8.60. The van der Waals surface area contributed by atoms with Gasteiger partial charge >= 0.3 is 27.3 Å². The Morgan fingerprint density at radius 2 is 0.745 bits per heavy atom. The van der Waals surface area contributed by atoms with Crippen LogP contribution in [0.25, 0.3) is 22.8 Å². The van der Waals surface area contributed by atoms with Gasteiger partial charge in [-0.25, -0.2) is 0 Å². The summed E-state index contributed by atoms with van der Waals surface area (Å²) in [4.78, 5) is 35.8. The van der Waals surface area contributed by atoms with E-state index in [2.05, 4.69) is 19.9 Å². The topological polar surface area (TPSA) is 184 Å². The van der Waals surface area contributed by atoms with Crippen LogP contribution < -0.4 is 10.2 Å². The molecule has 0 amide bonds. The molecule has 4 aromatic heterocycles. The van der Waals surface area contributed by atoms with Crippen LogP contribution in [0.3, 0.4) is 0 Å². The van der Waals surface area contributed by atoms with Crippen LogP contribution in [0.1, 0.15) is 0 Å². The van der Waals surface area contributed by atoms with Crippen molar-refractivity contribution in [2.75, 3.05) is 0 Å². The molecule has 47 heavy (non-hydrogen) atoms. The molecule has 0 atom stereocenters. The molecule has 0 spiro atoms. The van der Waals surface area contributed by atoms with Gasteiger partial charge in [0.1, 0.15) is 0 Å². The van der Waals surface area contributed by atoms with Crippen molar-refractivity contribution in [3.63, 3.8) is 0 Å². The standard InChI is InChI=1S/2C10H8N2.2C6H4ClNO3.Cd/c2*1-3-7-11-9(5-1)10-6-2-4-8-12-10;2*7-5-3-4(8(10)11)1-2-6(5)9;/h2*1-8H;2*1-3,9H;/q;;;;+2/p-2. The second kappa shape index (κ2) is 20.1. The van der Waals surface area contributed by atoms with Gasteiger partial charge in [-0.15, -0.1) is 0 Å². The SMILES string of the molecule is O=[N+]([O-])c1ccc([O-])c(Cl)c1.O=[N+]([O-])c1ccc([O-])c(Cl)c1.[Cd+2].c1ccc(-c2ccccn2)nc1.c1ccc(-c2ccccn2)nc1. The number of nitrogens with zero attached hydrogens (tertiary/aromatic N) is 6. The summed E-state index contributed by atoms with van der Waals surface area (Å²) < 4.78 is 0. The minimum absolute atomic E-state index is 0. The van der Waals surface area contributed by atoms with Gasteiger partial charge in [-0.3, -0.25) is 40.2 Å². The van der Waals surface area contributed by atoms with Crippen molar-refractivity contribution < 1.29 is 47.4 Å². The average Bonchev–Trinajstić information content (AvgIpc) is 3.09. The minimum atomic E-state index is -0.606. The van der Waals surface area contributed by atoms with Gasteiger partial charge in [-0.2, -0.15) is 0 Å². The Morgan fingerprint density at radius 3 is 0.936 bits per heavy atom. The normalized spacial score (nSPS) is 9.40. The molecule has 0 radical (unpaired) electrons. The molecule has 0 saturated carbocycles. The zero-order chi connectivity index (χ0) is 33.3. The zero-order valence-electron chi connectivity index (χ0n) is 24.3. The van der Waals surface area contributed by atoms with Crippen LogP contribution in [0.4, 0.5) is 11.4 Å². The first kappa shape index (κ1) is 38.1. The van der Waals surface area contributed by atoms with E-state index < -0.39 is 21.3 Å². The van der Waals surface area contributed by atoms with Gasteiger partial charge in [0.2, 0.25) is 0 Å². The largest absolute Gasteiger partial charge is 2.00 e. The Labute approximate surface area is 298 Å². The van der Waals surface area contributed by atoms with Gasteiger partial charge in [-0.05, 0) is 48.5 Å². The number of halogens is 2. The monoisotopic (exact) mass is 770 g/mol. The van der Waals surface area contributed by atoms with Crippen LogP contribution in [0, 0.1) is 20.2 Å². The van der Waals surface area contributed by atoms with Crippen LogP contribution >= 0.6 is 23.2 Å². The van der Waals surface area contributed by atoms with Gasteiger partial charge < -0.3 is 10.2 Å². The molecule has 0 aliphatic carbocycles. The van der Waals surface area contributed by atoms with Gasteiger partial charge in [0.05, 0.1) is 32.6 Å². The van der Waals surface area contributed by atoms with E-state index in [1.807, 2.05) is 72.8 Å². The second-order valence-corrected chi connectivity index (χ2v) is 9.42. The molecule has 0 bridgehead atoms. The quantitative estimate of drug-likeness (QED) is 0.104. The summed E-state index contributed by atoms with van der Waals surface area (Å²) >= 11 is 10.7. The molecule has 12 nitrogen and oxygen atoms in total. The summed E-state index contributed by atoms with van der Waals surface area (Å²) in [7, 11) is 0. The third kappa shape index (κ3) is 13.1. The van der Waals surface area contributed by atoms with E-state index in [4.69, 9.17) is 23.2 Å². The predicted molar refractivity (Wildman–Crippen MR) is 170 cm³/mol. The van der Waals surface area contributed by atoms with Gasteiger partial charge in [0.25, 0.3) is 11.4 Å². The van der Waals surface area contributed by atoms with Crippen molar-refractivity contribution in [3.05, 3.63) is 164 Å². The Bertz CT molecular complexity index is 1630. The Balaban J connectivity index is 0.000000217. The fourth-order valence-corrected chi connectivity index (χ4v) is 3.61. The maximum absolute atomic E-state index is 10.6. The van der Waals surface area contributed by atoms with Gasteiger partial charge in [0, 0.05) is 59.1 Å². The molecular formula is C32H22CdCl2N6O6. The molecule has 0 unspecified atom stereocenters. The number of rotatable bonds is 4. The number of hydrogen-bond acceptors (Lipinski definition) is 10. The molecule has 4 heterocycles. The Morgan fingerprint density at radius 1 is 0.468 bits per heavy atom. The molecule has 0 N–H and O–H groups in total. The molecule has 0 aliphatic heterocycles. The van der Waals surface area contributed by atoms with Crippen molar-refractivity contribution in [2.45, 2.75) is 0 Å². The van der Waals surface area contributed by atoms with Crippen LogP contribution in [0.15, 0.2) is 134 Å². The maximum atomic E-state index is 10.6. The van der Waals surface area contributed by atoms with E-state index >= 15 is 0 Å². The molecule has 232 valence electrons. The van der Waals surface area contributed by atoms with Crippen molar-refractivity contribution in [2.24, 2.45) is 0 Å². The van der Waals surface area contributed by atoms with Crippen molar-refractivity contribution in [3.8, 4) is 34.3 Å². The summed E-state index contributed by atoms with van der Waals surface area (Å²) in [6.07, 6.45) is 7.07. The Kier molecular flexibility index (Phi) is 16.3. The van der Waals surface area contributed by atoms with Gasteiger partial charge in [-0.1, -0.05) is 71.1 Å². The summed E-state index contributed by atoms with van der Waals surface area (Å²) in [5.74, 6) is -0.811. The van der Waals surface area contributed by atoms with E-state index in [0.717, 1.165) is 59.2 Å². The van der Waals surface area contributed by atoms with Gasteiger partial charge in [0.15, 0.2) is 0 Å². The molecule has 6 aromatic rings. The maximum Gasteiger partial charge on any atom is 2.00 e. The smallest absolute Gasteiger partial charge is 0.871 e. The predicted octanol–water partition coefficient (Wildman–Crippen LogP) is 6.93. The number of benzene rings is 2. The number of nitro benzene ring substituents is 2. The number of non-ortho nitro benzene ring substituents is 2. The van der Waals surface area contributed by atoms with E-state index in [1.54, 1.807) is 24.8 Å². The van der Waals surface area contributed by atoms with Crippen LogP contribution in [-0.2, 0) is 27.3 Å². The Hall–Kier alpha value is -5.06. The first-order chi connectivity index (χ1) is 22.2. The third-order valence-electron chi connectivity index (χ3n) is 5.44. The van der Waals surface area contributed by atoms with Crippen molar-refractivity contribution in [1.82, 2.24) is 19.9 Å². The van der Waals surface area contributed by atoms with E-state index in [-0.39, 0.29) is 48.7 Å². The van der Waals surface area contributed by atoms with Crippen molar-refractivity contribution in [1.29, 1.82) is 0 Å². The molecule has 0 fully saturated rings. The molecule has 6 rings (SSSR count). The number of hydrogen-bond donors (Lipinski definition) is 0.